The minimum Gasteiger partial charge on any atom is -0.480 e. The zero-order chi connectivity index (χ0) is 25.4. The molecule has 1 heterocycles. The van der Waals surface area contributed by atoms with E-state index in [1.54, 1.807) is 0 Å². The number of rotatable bonds is 7. The maximum absolute atomic E-state index is 14.4. The molecule has 34 heavy (non-hydrogen) atoms. The quantitative estimate of drug-likeness (QED) is 0.355. The van der Waals surface area contributed by atoms with E-state index in [4.69, 9.17) is 10.8 Å². The number of carboxylic acids is 1. The lowest BCUT2D eigenvalue weighted by molar-refractivity contribution is -0.138. The molecule has 180 valence electrons. The molecule has 4 N–H and O–H groups in total. The summed E-state index contributed by atoms with van der Waals surface area (Å²) in [6.45, 7) is 1.64. The molecule has 0 aliphatic carbocycles. The van der Waals surface area contributed by atoms with Crippen molar-refractivity contribution in [1.82, 2.24) is 9.88 Å². The number of benzene rings is 2. The number of nitrogens with two attached hydrogens (primary N) is 1. The second-order valence-corrected chi connectivity index (χ2v) is 7.08. The Labute approximate surface area is 191 Å². The van der Waals surface area contributed by atoms with E-state index in [2.05, 4.69) is 5.32 Å². The van der Waals surface area contributed by atoms with E-state index in [-0.39, 0.29) is 29.9 Å². The van der Waals surface area contributed by atoms with Gasteiger partial charge in [-0.1, -0.05) is 6.07 Å². The number of carbonyl (C=O) groups excluding carboxylic acids is 1. The number of aldehydes is 1. The minimum absolute atomic E-state index is 0.0701. The SMILES string of the molecule is CC(NCCc1cc(F)c(-n2c(N)c(C=O)ccc2=O)c(F)c1)C(=O)O.Fc1cccc(F)c1. The average molecular weight is 479 g/mol. The van der Waals surface area contributed by atoms with E-state index in [0.29, 0.717) is 10.9 Å². The molecule has 0 aliphatic rings. The average Bonchev–Trinajstić information content (AvgIpc) is 2.75. The highest BCUT2D eigenvalue weighted by Gasteiger charge is 2.18. The largest absolute Gasteiger partial charge is 0.480 e. The van der Waals surface area contributed by atoms with Crippen molar-refractivity contribution in [1.29, 1.82) is 0 Å². The van der Waals surface area contributed by atoms with Crippen LogP contribution in [0, 0.1) is 23.3 Å². The van der Waals surface area contributed by atoms with E-state index in [1.165, 1.54) is 31.2 Å². The predicted molar refractivity (Wildman–Crippen MR) is 117 cm³/mol. The van der Waals surface area contributed by atoms with Crippen molar-refractivity contribution in [2.75, 3.05) is 12.3 Å². The highest BCUT2D eigenvalue weighted by atomic mass is 19.1. The highest BCUT2D eigenvalue weighted by Crippen LogP contribution is 2.22. The number of anilines is 1. The third kappa shape index (κ3) is 6.75. The van der Waals surface area contributed by atoms with Crippen LogP contribution < -0.4 is 16.6 Å². The molecule has 3 aromatic rings. The molecule has 1 aromatic heterocycles. The van der Waals surface area contributed by atoms with E-state index < -0.39 is 46.5 Å². The van der Waals surface area contributed by atoms with Crippen molar-refractivity contribution >= 4 is 18.1 Å². The van der Waals surface area contributed by atoms with E-state index in [0.717, 1.165) is 24.3 Å². The molecule has 0 aliphatic heterocycles. The number of halogens is 4. The van der Waals surface area contributed by atoms with Crippen LogP contribution in [-0.4, -0.2) is 34.5 Å². The smallest absolute Gasteiger partial charge is 0.320 e. The zero-order valence-electron chi connectivity index (χ0n) is 17.9. The number of nitrogens with one attached hydrogen (secondary N) is 1. The fourth-order valence-corrected chi connectivity index (χ4v) is 2.86. The maximum Gasteiger partial charge on any atom is 0.320 e. The summed E-state index contributed by atoms with van der Waals surface area (Å²) in [4.78, 5) is 33.6. The van der Waals surface area contributed by atoms with Crippen LogP contribution >= 0.6 is 0 Å². The number of nitrogens with zero attached hydrogens (tertiary/aromatic N) is 1. The van der Waals surface area contributed by atoms with Crippen LogP contribution in [0.5, 0.6) is 0 Å². The Kier molecular flexibility index (Phi) is 9.08. The Morgan fingerprint density at radius 2 is 1.68 bits per heavy atom. The molecule has 1 unspecified atom stereocenters. The van der Waals surface area contributed by atoms with Crippen LogP contribution in [-0.2, 0) is 11.2 Å². The fraction of sp³-hybridized carbons (Fsp3) is 0.174. The van der Waals surface area contributed by atoms with Crippen molar-refractivity contribution < 1.29 is 32.3 Å². The molecule has 0 saturated carbocycles. The molecule has 0 fully saturated rings. The summed E-state index contributed by atoms with van der Waals surface area (Å²) in [5.41, 5.74) is 4.42. The van der Waals surface area contributed by atoms with Gasteiger partial charge in [-0.15, -0.1) is 0 Å². The van der Waals surface area contributed by atoms with Gasteiger partial charge in [-0.2, -0.15) is 0 Å². The normalized spacial score (nSPS) is 11.3. The van der Waals surface area contributed by atoms with Crippen molar-refractivity contribution in [2.45, 2.75) is 19.4 Å². The van der Waals surface area contributed by atoms with Crippen molar-refractivity contribution in [3.05, 3.63) is 93.3 Å². The predicted octanol–water partition coefficient (Wildman–Crippen LogP) is 3.08. The van der Waals surface area contributed by atoms with Gasteiger partial charge in [-0.3, -0.25) is 19.0 Å². The Morgan fingerprint density at radius 1 is 1.09 bits per heavy atom. The second-order valence-electron chi connectivity index (χ2n) is 7.08. The minimum atomic E-state index is -1.04. The van der Waals surface area contributed by atoms with Crippen molar-refractivity contribution in [3.8, 4) is 5.69 Å². The number of aromatic nitrogens is 1. The first-order chi connectivity index (χ1) is 16.0. The molecule has 3 rings (SSSR count). The topological polar surface area (TPSA) is 114 Å². The Morgan fingerprint density at radius 3 is 2.15 bits per heavy atom. The van der Waals surface area contributed by atoms with Gasteiger partial charge in [0.25, 0.3) is 5.56 Å². The molecular weight excluding hydrogens is 458 g/mol. The second kappa shape index (κ2) is 11.8. The third-order valence-corrected chi connectivity index (χ3v) is 4.61. The first kappa shape index (κ1) is 26.3. The molecule has 11 heteroatoms. The lowest BCUT2D eigenvalue weighted by Gasteiger charge is -2.14. The number of pyridine rings is 1. The summed E-state index contributed by atoms with van der Waals surface area (Å²) >= 11 is 0. The number of hydrogen-bond acceptors (Lipinski definition) is 5. The first-order valence-electron chi connectivity index (χ1n) is 9.87. The van der Waals surface area contributed by atoms with Crippen LogP contribution in [0.2, 0.25) is 0 Å². The van der Waals surface area contributed by atoms with Gasteiger partial charge in [-0.25, -0.2) is 17.6 Å². The Hall–Kier alpha value is -3.99. The molecule has 0 saturated heterocycles. The molecule has 2 aromatic carbocycles. The first-order valence-corrected chi connectivity index (χ1v) is 9.87. The van der Waals surface area contributed by atoms with Crippen molar-refractivity contribution in [2.24, 2.45) is 0 Å². The number of nitrogen functional groups attached to an aromatic ring is 1. The van der Waals surface area contributed by atoms with Gasteiger partial charge in [-0.05, 0) is 55.8 Å². The van der Waals surface area contributed by atoms with Gasteiger partial charge in [0.1, 0.15) is 29.2 Å². The molecule has 0 amide bonds. The van der Waals surface area contributed by atoms with Crippen LogP contribution in [0.25, 0.3) is 5.69 Å². The van der Waals surface area contributed by atoms with Gasteiger partial charge in [0.15, 0.2) is 17.9 Å². The third-order valence-electron chi connectivity index (χ3n) is 4.61. The summed E-state index contributed by atoms with van der Waals surface area (Å²) in [5.74, 6) is -4.53. The number of carboxylic acid groups (broad SMARTS) is 1. The molecule has 0 spiro atoms. The highest BCUT2D eigenvalue weighted by molar-refractivity contribution is 5.82. The lowest BCUT2D eigenvalue weighted by Crippen LogP contribution is -2.35. The number of carbonyl (C=O) groups is 2. The molecular formula is C23H21F4N3O4. The van der Waals surface area contributed by atoms with Crippen LogP contribution in [0.3, 0.4) is 0 Å². The summed E-state index contributed by atoms with van der Waals surface area (Å²) < 4.78 is 53.4. The molecule has 0 radical (unpaired) electrons. The van der Waals surface area contributed by atoms with Gasteiger partial charge >= 0.3 is 5.97 Å². The summed E-state index contributed by atoms with van der Waals surface area (Å²) in [6, 6.07) is 7.98. The molecule has 1 atom stereocenters. The van der Waals surface area contributed by atoms with Gasteiger partial charge in [0.2, 0.25) is 0 Å². The van der Waals surface area contributed by atoms with Crippen LogP contribution in [0.4, 0.5) is 23.4 Å². The molecule has 0 bridgehead atoms. The van der Waals surface area contributed by atoms with E-state index in [1.807, 2.05) is 0 Å². The van der Waals surface area contributed by atoms with Gasteiger partial charge < -0.3 is 16.2 Å². The van der Waals surface area contributed by atoms with Crippen molar-refractivity contribution in [3.63, 3.8) is 0 Å². The fourth-order valence-electron chi connectivity index (χ4n) is 2.86. The number of hydrogen-bond donors (Lipinski definition) is 3. The standard InChI is InChI=1S/C17H17F2N3O4.C6H4F2/c1-9(17(25)26)21-5-4-10-6-12(18)15(13(19)7-10)22-14(24)3-2-11(8-23)16(22)20;7-5-2-1-3-6(8)4-5/h2-3,6-9,21H,4-5,20H2,1H3,(H,25,26);1-4H. The Bertz CT molecular complexity index is 1210. The summed E-state index contributed by atoms with van der Waals surface area (Å²) in [7, 11) is 0. The monoisotopic (exact) mass is 479 g/mol. The van der Waals surface area contributed by atoms with Gasteiger partial charge in [0, 0.05) is 12.1 Å². The van der Waals surface area contributed by atoms with Crippen LogP contribution in [0.15, 0.2) is 53.3 Å². The zero-order valence-corrected chi connectivity index (χ0v) is 17.9. The molecule has 7 nitrogen and oxygen atoms in total. The van der Waals surface area contributed by atoms with E-state index >= 15 is 0 Å². The summed E-state index contributed by atoms with van der Waals surface area (Å²) in [6.07, 6.45) is 0.551. The maximum atomic E-state index is 14.4. The number of aliphatic carboxylic acids is 1. The van der Waals surface area contributed by atoms with Crippen LogP contribution in [0.1, 0.15) is 22.8 Å². The van der Waals surface area contributed by atoms with E-state index in [9.17, 15) is 31.9 Å². The lowest BCUT2D eigenvalue weighted by atomic mass is 10.1. The Balaban J connectivity index is 0.000000430. The van der Waals surface area contributed by atoms with Gasteiger partial charge in [0.05, 0.1) is 5.56 Å². The summed E-state index contributed by atoms with van der Waals surface area (Å²) in [5, 5.41) is 11.5.